The first kappa shape index (κ1) is 23.4. The highest BCUT2D eigenvalue weighted by molar-refractivity contribution is 6.14. The molecule has 0 aliphatic carbocycles. The Hall–Kier alpha value is -3.71. The molecule has 0 amide bonds. The number of benzene rings is 2. The van der Waals surface area contributed by atoms with Gasteiger partial charge in [-0.3, -0.25) is 4.79 Å². The Morgan fingerprint density at radius 3 is 2.21 bits per heavy atom. The van der Waals surface area contributed by atoms with Gasteiger partial charge < -0.3 is 18.6 Å². The molecule has 34 heavy (non-hydrogen) atoms. The molecule has 1 aliphatic heterocycles. The maximum atomic E-state index is 13.4. The Kier molecular flexibility index (Phi) is 6.93. The fourth-order valence-electron chi connectivity index (χ4n) is 3.94. The molecule has 2 aromatic carbocycles. The van der Waals surface area contributed by atoms with Crippen LogP contribution in [0, 0.1) is 6.92 Å². The van der Waals surface area contributed by atoms with Crippen LogP contribution in [0.5, 0.6) is 11.5 Å². The minimum Gasteiger partial charge on any atom is -0.496 e. The number of rotatable bonds is 9. The molecule has 3 aromatic rings. The summed E-state index contributed by atoms with van der Waals surface area (Å²) in [6, 6.07) is 14.8. The van der Waals surface area contributed by atoms with Gasteiger partial charge in [-0.1, -0.05) is 24.3 Å². The molecule has 176 valence electrons. The predicted octanol–water partition coefficient (Wildman–Crippen LogP) is 5.80. The summed E-state index contributed by atoms with van der Waals surface area (Å²) >= 11 is 0. The summed E-state index contributed by atoms with van der Waals surface area (Å²) in [7, 11) is 3.21. The SMILES string of the molecule is CCO[C@@H](C(=O)c1ccc(-c2cc(OC)c(C)c(OC)c2)o1)c1ccc(C2=NN=C(C)C2)cc1. The molecule has 0 fully saturated rings. The minimum atomic E-state index is -0.774. The van der Waals surface area contributed by atoms with Crippen molar-refractivity contribution in [2.24, 2.45) is 10.2 Å². The summed E-state index contributed by atoms with van der Waals surface area (Å²) in [4.78, 5) is 13.4. The summed E-state index contributed by atoms with van der Waals surface area (Å²) in [5.74, 6) is 1.88. The number of hydrogen-bond donors (Lipinski definition) is 0. The molecule has 0 saturated heterocycles. The van der Waals surface area contributed by atoms with Crippen molar-refractivity contribution in [2.75, 3.05) is 20.8 Å². The van der Waals surface area contributed by atoms with Gasteiger partial charge in [0.2, 0.25) is 5.78 Å². The second kappa shape index (κ2) is 10.1. The molecule has 2 heterocycles. The molecule has 7 nitrogen and oxygen atoms in total. The van der Waals surface area contributed by atoms with Crippen LogP contribution in [0.15, 0.2) is 63.2 Å². The lowest BCUT2D eigenvalue weighted by molar-refractivity contribution is 0.0428. The van der Waals surface area contributed by atoms with Crippen LogP contribution in [0.1, 0.15) is 53.6 Å². The first-order valence-electron chi connectivity index (χ1n) is 11.1. The summed E-state index contributed by atoms with van der Waals surface area (Å²) in [5, 5.41) is 8.32. The van der Waals surface area contributed by atoms with Crippen molar-refractivity contribution in [3.05, 3.63) is 71.0 Å². The van der Waals surface area contributed by atoms with E-state index in [9.17, 15) is 4.79 Å². The molecule has 0 unspecified atom stereocenters. The van der Waals surface area contributed by atoms with Crippen LogP contribution in [0.3, 0.4) is 0 Å². The van der Waals surface area contributed by atoms with Crippen LogP contribution in [-0.4, -0.2) is 38.0 Å². The second-order valence-corrected chi connectivity index (χ2v) is 8.05. The normalized spacial score (nSPS) is 13.9. The number of Topliss-reactive ketones (excluding diaryl/α,β-unsaturated/α-hetero) is 1. The van der Waals surface area contributed by atoms with Crippen molar-refractivity contribution in [3.63, 3.8) is 0 Å². The lowest BCUT2D eigenvalue weighted by Crippen LogP contribution is -2.16. The standard InChI is InChI=1S/C27H28N2O5/c1-6-33-27(19-9-7-18(8-10-19)21-13-16(2)28-29-21)26(30)23-12-11-22(34-23)20-14-24(31-4)17(3)25(15-20)32-5/h7-12,14-15,27H,6,13H2,1-5H3/t27-/m1/s1. The van der Waals surface area contributed by atoms with Crippen LogP contribution in [0.2, 0.25) is 0 Å². The fourth-order valence-corrected chi connectivity index (χ4v) is 3.94. The Morgan fingerprint density at radius 1 is 0.971 bits per heavy atom. The minimum absolute atomic E-state index is 0.222. The number of carbonyl (C=O) groups excluding carboxylic acids is 1. The number of carbonyl (C=O) groups is 1. The fraction of sp³-hybridized carbons (Fsp3) is 0.296. The quantitative estimate of drug-likeness (QED) is 0.377. The predicted molar refractivity (Wildman–Crippen MR) is 131 cm³/mol. The molecule has 0 spiro atoms. The van der Waals surface area contributed by atoms with Gasteiger partial charge in [0.15, 0.2) is 5.76 Å². The van der Waals surface area contributed by atoms with Crippen molar-refractivity contribution in [1.29, 1.82) is 0 Å². The van der Waals surface area contributed by atoms with Gasteiger partial charge in [0, 0.05) is 29.9 Å². The van der Waals surface area contributed by atoms with Gasteiger partial charge in [-0.15, -0.1) is 0 Å². The molecular formula is C27H28N2O5. The number of furan rings is 1. The lowest BCUT2D eigenvalue weighted by Gasteiger charge is -2.16. The van der Waals surface area contributed by atoms with E-state index < -0.39 is 6.10 Å². The van der Waals surface area contributed by atoms with E-state index in [2.05, 4.69) is 10.2 Å². The van der Waals surface area contributed by atoms with Gasteiger partial charge in [0.25, 0.3) is 0 Å². The maximum absolute atomic E-state index is 13.4. The van der Waals surface area contributed by atoms with Crippen molar-refractivity contribution in [2.45, 2.75) is 33.3 Å². The number of hydrogen-bond acceptors (Lipinski definition) is 7. The zero-order chi connectivity index (χ0) is 24.2. The van der Waals surface area contributed by atoms with Crippen LogP contribution >= 0.6 is 0 Å². The van der Waals surface area contributed by atoms with Gasteiger partial charge in [0.1, 0.15) is 23.4 Å². The smallest absolute Gasteiger partial charge is 0.231 e. The Bertz CT molecular complexity index is 1230. The Labute approximate surface area is 199 Å². The van der Waals surface area contributed by atoms with Gasteiger partial charge in [-0.2, -0.15) is 10.2 Å². The first-order valence-corrected chi connectivity index (χ1v) is 11.1. The van der Waals surface area contributed by atoms with Crippen molar-refractivity contribution in [1.82, 2.24) is 0 Å². The van der Waals surface area contributed by atoms with Gasteiger partial charge >= 0.3 is 0 Å². The molecule has 4 rings (SSSR count). The van der Waals surface area contributed by atoms with E-state index in [1.165, 1.54) is 0 Å². The van der Waals surface area contributed by atoms with Gasteiger partial charge in [-0.25, -0.2) is 0 Å². The third-order valence-electron chi connectivity index (χ3n) is 5.77. The average Bonchev–Trinajstić information content (AvgIpc) is 3.52. The number of ketones is 1. The van der Waals surface area contributed by atoms with E-state index in [1.807, 2.05) is 57.2 Å². The van der Waals surface area contributed by atoms with E-state index in [1.54, 1.807) is 26.4 Å². The number of methoxy groups -OCH3 is 2. The van der Waals surface area contributed by atoms with E-state index in [4.69, 9.17) is 18.6 Å². The largest absolute Gasteiger partial charge is 0.496 e. The van der Waals surface area contributed by atoms with Crippen molar-refractivity contribution in [3.8, 4) is 22.8 Å². The van der Waals surface area contributed by atoms with Gasteiger partial charge in [-0.05, 0) is 56.2 Å². The highest BCUT2D eigenvalue weighted by Crippen LogP contribution is 2.35. The highest BCUT2D eigenvalue weighted by Gasteiger charge is 2.26. The van der Waals surface area contributed by atoms with Crippen LogP contribution in [0.4, 0.5) is 0 Å². The van der Waals surface area contributed by atoms with Crippen molar-refractivity contribution >= 4 is 17.2 Å². The first-order chi connectivity index (χ1) is 16.4. The summed E-state index contributed by atoms with van der Waals surface area (Å²) in [6.07, 6.45) is -0.0413. The molecule has 1 atom stereocenters. The van der Waals surface area contributed by atoms with E-state index in [-0.39, 0.29) is 11.5 Å². The molecule has 1 aliphatic rings. The maximum Gasteiger partial charge on any atom is 0.231 e. The third-order valence-corrected chi connectivity index (χ3v) is 5.77. The second-order valence-electron chi connectivity index (χ2n) is 8.05. The summed E-state index contributed by atoms with van der Waals surface area (Å²) in [6.45, 7) is 6.12. The Morgan fingerprint density at radius 2 is 1.65 bits per heavy atom. The molecule has 0 bridgehead atoms. The third kappa shape index (κ3) is 4.65. The average molecular weight is 461 g/mol. The van der Waals surface area contributed by atoms with Crippen LogP contribution in [-0.2, 0) is 4.74 Å². The lowest BCUT2D eigenvalue weighted by atomic mass is 9.99. The molecule has 7 heteroatoms. The highest BCUT2D eigenvalue weighted by atomic mass is 16.5. The molecule has 0 radical (unpaired) electrons. The topological polar surface area (TPSA) is 82.6 Å². The van der Waals surface area contributed by atoms with Crippen LogP contribution < -0.4 is 9.47 Å². The molecule has 0 saturated carbocycles. The van der Waals surface area contributed by atoms with E-state index in [0.29, 0.717) is 23.9 Å². The summed E-state index contributed by atoms with van der Waals surface area (Å²) in [5.41, 5.74) is 5.28. The number of nitrogens with zero attached hydrogens (tertiary/aromatic N) is 2. The monoisotopic (exact) mass is 460 g/mol. The molecular weight excluding hydrogens is 432 g/mol. The molecule has 1 aromatic heterocycles. The number of ether oxygens (including phenoxy) is 3. The van der Waals surface area contributed by atoms with Gasteiger partial charge in [0.05, 0.1) is 19.9 Å². The Balaban J connectivity index is 1.59. The van der Waals surface area contributed by atoms with E-state index in [0.717, 1.165) is 40.1 Å². The zero-order valence-electron chi connectivity index (χ0n) is 20.0. The zero-order valence-corrected chi connectivity index (χ0v) is 20.0. The van der Waals surface area contributed by atoms with Crippen molar-refractivity contribution < 1.29 is 23.4 Å². The summed E-state index contributed by atoms with van der Waals surface area (Å²) < 4.78 is 22.7. The van der Waals surface area contributed by atoms with Crippen LogP contribution in [0.25, 0.3) is 11.3 Å². The van der Waals surface area contributed by atoms with E-state index >= 15 is 0 Å². The molecule has 0 N–H and O–H groups in total.